The van der Waals surface area contributed by atoms with Crippen molar-refractivity contribution in [2.75, 3.05) is 5.32 Å². The second-order valence-electron chi connectivity index (χ2n) is 4.20. The Kier molecular flexibility index (Phi) is 3.81. The Morgan fingerprint density at radius 1 is 1.26 bits per heavy atom. The van der Waals surface area contributed by atoms with Gasteiger partial charge in [0.15, 0.2) is 0 Å². The Morgan fingerprint density at radius 3 is 2.63 bits per heavy atom. The summed E-state index contributed by atoms with van der Waals surface area (Å²) >= 11 is 5.73. The van der Waals surface area contributed by atoms with Gasteiger partial charge in [-0.2, -0.15) is 0 Å². The van der Waals surface area contributed by atoms with Crippen LogP contribution in [0, 0.1) is 19.7 Å². The van der Waals surface area contributed by atoms with Crippen molar-refractivity contribution >= 4 is 23.2 Å². The number of benzene rings is 1. The van der Waals surface area contributed by atoms with Crippen LogP contribution in [0.3, 0.4) is 0 Å². The molecule has 19 heavy (non-hydrogen) atoms. The highest BCUT2D eigenvalue weighted by Gasteiger charge is 2.13. The van der Waals surface area contributed by atoms with Gasteiger partial charge in [0.1, 0.15) is 11.0 Å². The number of nitrogens with zero attached hydrogens (tertiary/aromatic N) is 1. The van der Waals surface area contributed by atoms with E-state index in [4.69, 9.17) is 11.6 Å². The van der Waals surface area contributed by atoms with Gasteiger partial charge in [0.2, 0.25) is 0 Å². The summed E-state index contributed by atoms with van der Waals surface area (Å²) in [6, 6.07) is 7.66. The van der Waals surface area contributed by atoms with Crippen LogP contribution in [-0.2, 0) is 0 Å². The van der Waals surface area contributed by atoms with Gasteiger partial charge in [0.25, 0.3) is 5.91 Å². The van der Waals surface area contributed by atoms with Gasteiger partial charge in [0, 0.05) is 0 Å². The summed E-state index contributed by atoms with van der Waals surface area (Å²) < 4.78 is 13.7. The second kappa shape index (κ2) is 5.36. The number of carbonyl (C=O) groups is 1. The summed E-state index contributed by atoms with van der Waals surface area (Å²) in [5.74, 6) is -1.05. The van der Waals surface area contributed by atoms with Gasteiger partial charge in [-0.3, -0.25) is 4.79 Å². The zero-order chi connectivity index (χ0) is 14.0. The summed E-state index contributed by atoms with van der Waals surface area (Å²) in [7, 11) is 0. The van der Waals surface area contributed by atoms with E-state index in [0.29, 0.717) is 16.5 Å². The lowest BCUT2D eigenvalue weighted by atomic mass is 10.1. The molecule has 1 aromatic carbocycles. The summed E-state index contributed by atoms with van der Waals surface area (Å²) in [5.41, 5.74) is 1.85. The average molecular weight is 279 g/mol. The largest absolute Gasteiger partial charge is 0.320 e. The van der Waals surface area contributed by atoms with Crippen molar-refractivity contribution < 1.29 is 9.18 Å². The lowest BCUT2D eigenvalue weighted by Gasteiger charge is -2.09. The van der Waals surface area contributed by atoms with Gasteiger partial charge in [-0.25, -0.2) is 9.37 Å². The highest BCUT2D eigenvalue weighted by atomic mass is 35.5. The highest BCUT2D eigenvalue weighted by molar-refractivity contribution is 6.29. The lowest BCUT2D eigenvalue weighted by Crippen LogP contribution is -2.15. The Hall–Kier alpha value is -1.94. The molecule has 3 nitrogen and oxygen atoms in total. The normalized spacial score (nSPS) is 10.3. The van der Waals surface area contributed by atoms with E-state index in [1.165, 1.54) is 12.1 Å². The van der Waals surface area contributed by atoms with E-state index in [1.54, 1.807) is 32.0 Å². The van der Waals surface area contributed by atoms with Crippen molar-refractivity contribution in [3.05, 3.63) is 58.1 Å². The van der Waals surface area contributed by atoms with Crippen LogP contribution in [0.25, 0.3) is 0 Å². The number of hydrogen-bond acceptors (Lipinski definition) is 2. The number of halogens is 2. The first-order chi connectivity index (χ1) is 8.97. The van der Waals surface area contributed by atoms with E-state index in [2.05, 4.69) is 10.3 Å². The Labute approximate surface area is 115 Å². The van der Waals surface area contributed by atoms with Gasteiger partial charge in [0.05, 0.1) is 16.9 Å². The van der Waals surface area contributed by atoms with Crippen molar-refractivity contribution in [1.29, 1.82) is 0 Å². The number of rotatable bonds is 2. The minimum Gasteiger partial charge on any atom is -0.320 e. The molecule has 0 aliphatic rings. The third-order valence-corrected chi connectivity index (χ3v) is 2.88. The molecule has 1 amide bonds. The van der Waals surface area contributed by atoms with Crippen LogP contribution in [0.2, 0.25) is 5.15 Å². The summed E-state index contributed by atoms with van der Waals surface area (Å²) in [6.07, 6.45) is 0. The molecule has 0 aliphatic heterocycles. The number of pyridine rings is 1. The summed E-state index contributed by atoms with van der Waals surface area (Å²) in [5, 5.41) is 2.96. The SMILES string of the molecule is Cc1ccc(C(=O)Nc2ccc(Cl)nc2C)c(F)c1. The monoisotopic (exact) mass is 278 g/mol. The maximum Gasteiger partial charge on any atom is 0.258 e. The topological polar surface area (TPSA) is 42.0 Å². The van der Waals surface area contributed by atoms with E-state index in [0.717, 1.165) is 5.56 Å². The molecule has 0 aliphatic carbocycles. The fourth-order valence-corrected chi connectivity index (χ4v) is 1.85. The van der Waals surface area contributed by atoms with Crippen LogP contribution in [0.15, 0.2) is 30.3 Å². The van der Waals surface area contributed by atoms with E-state index in [-0.39, 0.29) is 5.56 Å². The molecular weight excluding hydrogens is 267 g/mol. The Balaban J connectivity index is 2.25. The number of carbonyl (C=O) groups excluding carboxylic acids is 1. The number of nitrogens with one attached hydrogen (secondary N) is 1. The number of anilines is 1. The first-order valence-electron chi connectivity index (χ1n) is 5.68. The van der Waals surface area contributed by atoms with E-state index < -0.39 is 11.7 Å². The van der Waals surface area contributed by atoms with Crippen LogP contribution >= 0.6 is 11.6 Å². The molecule has 0 atom stereocenters. The van der Waals surface area contributed by atoms with Crippen molar-refractivity contribution in [3.63, 3.8) is 0 Å². The molecule has 2 rings (SSSR count). The van der Waals surface area contributed by atoms with Gasteiger partial charge >= 0.3 is 0 Å². The third kappa shape index (κ3) is 3.09. The van der Waals surface area contributed by atoms with Crippen LogP contribution in [0.4, 0.5) is 10.1 Å². The van der Waals surface area contributed by atoms with E-state index in [1.807, 2.05) is 0 Å². The molecule has 0 saturated heterocycles. The van der Waals surface area contributed by atoms with Gasteiger partial charge in [-0.15, -0.1) is 0 Å². The zero-order valence-electron chi connectivity index (χ0n) is 10.5. The van der Waals surface area contributed by atoms with Crippen molar-refractivity contribution in [1.82, 2.24) is 4.98 Å². The maximum absolute atomic E-state index is 13.7. The number of aryl methyl sites for hydroxylation is 2. The van der Waals surface area contributed by atoms with Crippen molar-refractivity contribution in [2.24, 2.45) is 0 Å². The van der Waals surface area contributed by atoms with E-state index >= 15 is 0 Å². The predicted octanol–water partition coefficient (Wildman–Crippen LogP) is 3.74. The first kappa shape index (κ1) is 13.5. The number of aromatic nitrogens is 1. The Bertz CT molecular complexity index is 643. The molecule has 0 radical (unpaired) electrons. The number of hydrogen-bond donors (Lipinski definition) is 1. The highest BCUT2D eigenvalue weighted by Crippen LogP contribution is 2.18. The first-order valence-corrected chi connectivity index (χ1v) is 6.06. The molecule has 1 N–H and O–H groups in total. The molecule has 1 heterocycles. The molecule has 0 spiro atoms. The van der Waals surface area contributed by atoms with Crippen LogP contribution in [0.1, 0.15) is 21.6 Å². The lowest BCUT2D eigenvalue weighted by molar-refractivity contribution is 0.102. The number of amides is 1. The molecule has 0 fully saturated rings. The standard InChI is InChI=1S/C14H12ClFN2O/c1-8-3-4-10(11(16)7-8)14(19)18-12-5-6-13(15)17-9(12)2/h3-7H,1-2H3,(H,18,19). The third-order valence-electron chi connectivity index (χ3n) is 2.67. The molecule has 5 heteroatoms. The predicted molar refractivity (Wildman–Crippen MR) is 73.1 cm³/mol. The minimum absolute atomic E-state index is 0.0000463. The second-order valence-corrected chi connectivity index (χ2v) is 4.59. The summed E-state index contributed by atoms with van der Waals surface area (Å²) in [6.45, 7) is 3.48. The molecule has 1 aromatic heterocycles. The zero-order valence-corrected chi connectivity index (χ0v) is 11.3. The summed E-state index contributed by atoms with van der Waals surface area (Å²) in [4.78, 5) is 16.0. The quantitative estimate of drug-likeness (QED) is 0.850. The molecule has 2 aromatic rings. The fourth-order valence-electron chi connectivity index (χ4n) is 1.66. The van der Waals surface area contributed by atoms with Crippen LogP contribution < -0.4 is 5.32 Å². The van der Waals surface area contributed by atoms with Crippen LogP contribution in [0.5, 0.6) is 0 Å². The molecule has 0 saturated carbocycles. The van der Waals surface area contributed by atoms with Gasteiger partial charge in [-0.05, 0) is 43.7 Å². The fraction of sp³-hybridized carbons (Fsp3) is 0.143. The molecule has 0 bridgehead atoms. The van der Waals surface area contributed by atoms with Gasteiger partial charge in [-0.1, -0.05) is 17.7 Å². The smallest absolute Gasteiger partial charge is 0.258 e. The molecule has 98 valence electrons. The van der Waals surface area contributed by atoms with E-state index in [9.17, 15) is 9.18 Å². The molecule has 0 unspecified atom stereocenters. The van der Waals surface area contributed by atoms with Crippen molar-refractivity contribution in [2.45, 2.75) is 13.8 Å². The maximum atomic E-state index is 13.7. The minimum atomic E-state index is -0.544. The van der Waals surface area contributed by atoms with Gasteiger partial charge < -0.3 is 5.32 Å². The van der Waals surface area contributed by atoms with Crippen LogP contribution in [-0.4, -0.2) is 10.9 Å². The molecular formula is C14H12ClFN2O. The average Bonchev–Trinajstić information content (AvgIpc) is 2.32. The van der Waals surface area contributed by atoms with Crippen molar-refractivity contribution in [3.8, 4) is 0 Å². The Morgan fingerprint density at radius 2 is 2.00 bits per heavy atom.